The van der Waals surface area contributed by atoms with Crippen molar-refractivity contribution in [3.05, 3.63) is 64.7 Å². The highest BCUT2D eigenvalue weighted by Crippen LogP contribution is 2.53. The SMILES string of the molecule is C[C@@H]1Cc2cc(C(O)=C3C(=O)C(=O)N(CCCN(C)C)[C@@]34C(=O)N(C)c3ccccc34)ccc2O1. The number of hydrogen-bond acceptors (Lipinski definition) is 6. The molecule has 0 unspecified atom stereocenters. The fraction of sp³-hybridized carbons (Fsp3) is 0.370. The van der Waals surface area contributed by atoms with E-state index in [1.54, 1.807) is 43.4 Å². The Morgan fingerprint density at radius 3 is 2.66 bits per heavy atom. The fourth-order valence-electron chi connectivity index (χ4n) is 5.53. The van der Waals surface area contributed by atoms with Crippen molar-refractivity contribution < 1.29 is 24.2 Å². The Kier molecular flexibility index (Phi) is 5.44. The lowest BCUT2D eigenvalue weighted by Gasteiger charge is -2.34. The van der Waals surface area contributed by atoms with Crippen LogP contribution in [0.2, 0.25) is 0 Å². The van der Waals surface area contributed by atoms with Crippen LogP contribution in [0.3, 0.4) is 0 Å². The first kappa shape index (κ1) is 23.1. The molecule has 2 aromatic rings. The Bertz CT molecular complexity index is 1280. The van der Waals surface area contributed by atoms with Crippen molar-refractivity contribution >= 4 is 29.0 Å². The minimum atomic E-state index is -1.71. The van der Waals surface area contributed by atoms with Crippen LogP contribution < -0.4 is 9.64 Å². The van der Waals surface area contributed by atoms with Gasteiger partial charge < -0.3 is 24.5 Å². The van der Waals surface area contributed by atoms with Gasteiger partial charge in [-0.3, -0.25) is 14.4 Å². The topological polar surface area (TPSA) is 90.4 Å². The summed E-state index contributed by atoms with van der Waals surface area (Å²) in [6, 6.07) is 12.3. The lowest BCUT2D eigenvalue weighted by Crippen LogP contribution is -2.51. The average Bonchev–Trinajstić information content (AvgIpc) is 3.39. The van der Waals surface area contributed by atoms with Crippen molar-refractivity contribution in [1.29, 1.82) is 0 Å². The molecule has 0 bridgehead atoms. The monoisotopic (exact) mass is 475 g/mol. The molecule has 3 heterocycles. The van der Waals surface area contributed by atoms with E-state index in [9.17, 15) is 19.5 Å². The standard InChI is InChI=1S/C27H29N3O5/c1-16-14-18-15-17(10-11-21(18)35-16)23(31)22-24(32)25(33)30(13-7-12-28(2)3)27(22)19-8-5-6-9-20(19)29(4)26(27)34/h5-6,8-11,15-16,31H,7,12-14H2,1-4H3/t16-,27-/m1/s1. The van der Waals surface area contributed by atoms with Gasteiger partial charge in [-0.2, -0.15) is 0 Å². The number of nitrogens with zero attached hydrogens (tertiary/aromatic N) is 3. The van der Waals surface area contributed by atoms with Crippen LogP contribution in [0.4, 0.5) is 5.69 Å². The first-order chi connectivity index (χ1) is 16.7. The maximum absolute atomic E-state index is 14.0. The van der Waals surface area contributed by atoms with Gasteiger partial charge in [0, 0.05) is 36.8 Å². The summed E-state index contributed by atoms with van der Waals surface area (Å²) in [7, 11) is 5.47. The Hall–Kier alpha value is -3.65. The van der Waals surface area contributed by atoms with Crippen LogP contribution in [-0.2, 0) is 26.3 Å². The van der Waals surface area contributed by atoms with Crippen LogP contribution in [0.15, 0.2) is 48.0 Å². The molecule has 2 amide bonds. The molecule has 1 fully saturated rings. The Balaban J connectivity index is 1.73. The number of ketones is 1. The predicted molar refractivity (Wildman–Crippen MR) is 131 cm³/mol. The molecule has 1 saturated heterocycles. The zero-order valence-corrected chi connectivity index (χ0v) is 20.4. The summed E-state index contributed by atoms with van der Waals surface area (Å²) in [4.78, 5) is 45.7. The van der Waals surface area contributed by atoms with Gasteiger partial charge in [0.2, 0.25) is 0 Å². The van der Waals surface area contributed by atoms with Gasteiger partial charge in [0.25, 0.3) is 17.6 Å². The zero-order valence-electron chi connectivity index (χ0n) is 20.4. The molecule has 5 rings (SSSR count). The Morgan fingerprint density at radius 2 is 1.91 bits per heavy atom. The number of ether oxygens (including phenoxy) is 1. The molecule has 8 nitrogen and oxygen atoms in total. The summed E-state index contributed by atoms with van der Waals surface area (Å²) in [5.74, 6) is -1.67. The van der Waals surface area contributed by atoms with E-state index in [0.29, 0.717) is 36.2 Å². The number of Topliss-reactive ketones (excluding diaryl/α,β-unsaturated/α-hetero) is 1. The van der Waals surface area contributed by atoms with E-state index < -0.39 is 23.1 Å². The van der Waals surface area contributed by atoms with Crippen LogP contribution in [0.1, 0.15) is 30.0 Å². The average molecular weight is 476 g/mol. The number of fused-ring (bicyclic) bond motifs is 3. The third kappa shape index (κ3) is 3.27. The van der Waals surface area contributed by atoms with E-state index >= 15 is 0 Å². The van der Waals surface area contributed by atoms with E-state index in [0.717, 1.165) is 11.3 Å². The minimum absolute atomic E-state index is 0.0141. The van der Waals surface area contributed by atoms with Gasteiger partial charge in [0.05, 0.1) is 5.57 Å². The molecule has 182 valence electrons. The maximum atomic E-state index is 14.0. The summed E-state index contributed by atoms with van der Waals surface area (Å²) in [6.45, 7) is 2.83. The number of rotatable bonds is 5. The highest BCUT2D eigenvalue weighted by Gasteiger charge is 2.66. The van der Waals surface area contributed by atoms with E-state index in [2.05, 4.69) is 0 Å². The summed E-state index contributed by atoms with van der Waals surface area (Å²) in [5, 5.41) is 11.6. The molecule has 2 atom stereocenters. The van der Waals surface area contributed by atoms with Gasteiger partial charge in [-0.15, -0.1) is 0 Å². The molecule has 35 heavy (non-hydrogen) atoms. The number of para-hydroxylation sites is 1. The molecule has 2 aromatic carbocycles. The molecule has 0 aromatic heterocycles. The van der Waals surface area contributed by atoms with Crippen molar-refractivity contribution in [2.75, 3.05) is 39.1 Å². The molecule has 0 aliphatic carbocycles. The molecule has 1 spiro atoms. The fourth-order valence-corrected chi connectivity index (χ4v) is 5.53. The number of likely N-dealkylation sites (N-methyl/N-ethyl adjacent to an activating group) is 1. The van der Waals surface area contributed by atoms with Crippen LogP contribution >= 0.6 is 0 Å². The second kappa shape index (κ2) is 8.23. The third-order valence-corrected chi connectivity index (χ3v) is 7.10. The highest BCUT2D eigenvalue weighted by atomic mass is 16.5. The number of likely N-dealkylation sites (tertiary alicyclic amines) is 1. The highest BCUT2D eigenvalue weighted by molar-refractivity contribution is 6.50. The second-order valence-electron chi connectivity index (χ2n) is 9.71. The molecule has 3 aliphatic rings. The summed E-state index contributed by atoms with van der Waals surface area (Å²) in [5.41, 5.74) is 0.535. The van der Waals surface area contributed by atoms with Crippen molar-refractivity contribution in [3.63, 3.8) is 0 Å². The number of amides is 2. The van der Waals surface area contributed by atoms with Gasteiger partial charge in [0.15, 0.2) is 5.54 Å². The molecule has 0 saturated carbocycles. The lowest BCUT2D eigenvalue weighted by molar-refractivity contribution is -0.143. The van der Waals surface area contributed by atoms with Gasteiger partial charge in [-0.1, -0.05) is 18.2 Å². The largest absolute Gasteiger partial charge is 0.507 e. The summed E-state index contributed by atoms with van der Waals surface area (Å²) in [6.07, 6.45) is 1.25. The minimum Gasteiger partial charge on any atom is -0.507 e. The molecule has 8 heteroatoms. The van der Waals surface area contributed by atoms with Crippen LogP contribution in [-0.4, -0.2) is 72.8 Å². The summed E-state index contributed by atoms with van der Waals surface area (Å²) >= 11 is 0. The van der Waals surface area contributed by atoms with E-state index in [4.69, 9.17) is 4.74 Å². The van der Waals surface area contributed by atoms with Crippen molar-refractivity contribution in [1.82, 2.24) is 9.80 Å². The van der Waals surface area contributed by atoms with Crippen molar-refractivity contribution in [2.24, 2.45) is 0 Å². The van der Waals surface area contributed by atoms with Gasteiger partial charge in [-0.05, 0) is 63.8 Å². The first-order valence-electron chi connectivity index (χ1n) is 11.8. The quantitative estimate of drug-likeness (QED) is 0.406. The van der Waals surface area contributed by atoms with Gasteiger partial charge in [-0.25, -0.2) is 0 Å². The molecule has 1 N–H and O–H groups in total. The molecule has 0 radical (unpaired) electrons. The summed E-state index contributed by atoms with van der Waals surface area (Å²) < 4.78 is 5.76. The number of benzene rings is 2. The van der Waals surface area contributed by atoms with Crippen molar-refractivity contribution in [2.45, 2.75) is 31.4 Å². The number of aliphatic hydroxyl groups is 1. The number of anilines is 1. The molecular formula is C27H29N3O5. The second-order valence-corrected chi connectivity index (χ2v) is 9.71. The Morgan fingerprint density at radius 1 is 1.17 bits per heavy atom. The van der Waals surface area contributed by atoms with Crippen LogP contribution in [0, 0.1) is 0 Å². The lowest BCUT2D eigenvalue weighted by atomic mass is 9.81. The van der Waals surface area contributed by atoms with Crippen LogP contribution in [0.5, 0.6) is 5.75 Å². The van der Waals surface area contributed by atoms with Gasteiger partial charge in [0.1, 0.15) is 17.6 Å². The van der Waals surface area contributed by atoms with E-state index in [-0.39, 0.29) is 24.0 Å². The number of carbonyl (C=O) groups is 3. The smallest absolute Gasteiger partial charge is 0.296 e. The number of hydrogen-bond donors (Lipinski definition) is 1. The van der Waals surface area contributed by atoms with E-state index in [1.165, 1.54) is 9.80 Å². The van der Waals surface area contributed by atoms with Gasteiger partial charge >= 0.3 is 0 Å². The Labute approximate surface area is 204 Å². The normalized spacial score (nSPS) is 24.5. The first-order valence-corrected chi connectivity index (χ1v) is 11.8. The number of aliphatic hydroxyl groups excluding tert-OH is 1. The zero-order chi connectivity index (χ0) is 25.1. The predicted octanol–water partition coefficient (Wildman–Crippen LogP) is 2.51. The van der Waals surface area contributed by atoms with Crippen LogP contribution in [0.25, 0.3) is 5.76 Å². The van der Waals surface area contributed by atoms with E-state index in [1.807, 2.05) is 32.0 Å². The number of carbonyl (C=O) groups excluding carboxylic acids is 3. The maximum Gasteiger partial charge on any atom is 0.296 e. The molecule has 3 aliphatic heterocycles. The molecular weight excluding hydrogens is 446 g/mol. The third-order valence-electron chi connectivity index (χ3n) is 7.10. The van der Waals surface area contributed by atoms with Crippen molar-refractivity contribution in [3.8, 4) is 5.75 Å².